The fourth-order valence-corrected chi connectivity index (χ4v) is 9.42. The van der Waals surface area contributed by atoms with Gasteiger partial charge in [0.1, 0.15) is 17.8 Å². The number of likely N-dealkylation sites (tertiary alicyclic amines) is 1. The van der Waals surface area contributed by atoms with Gasteiger partial charge in [0.25, 0.3) is 8.32 Å². The molecule has 0 spiro atoms. The average Bonchev–Trinajstić information content (AvgIpc) is 3.51. The van der Waals surface area contributed by atoms with Crippen LogP contribution in [0.2, 0.25) is 5.04 Å². The van der Waals surface area contributed by atoms with E-state index in [1.54, 1.807) is 4.90 Å². The highest BCUT2D eigenvalue weighted by Crippen LogP contribution is 2.41. The summed E-state index contributed by atoms with van der Waals surface area (Å²) in [6, 6.07) is 21.2. The molecular formula is C26H35NO4Si. The molecule has 0 aliphatic carbocycles. The molecule has 0 saturated carbocycles. The number of hydrogen-bond acceptors (Lipinski definition) is 4. The fraction of sp³-hybridized carbons (Fsp3) is 0.500. The van der Waals surface area contributed by atoms with Gasteiger partial charge < -0.3 is 18.8 Å². The van der Waals surface area contributed by atoms with Gasteiger partial charge in [-0.05, 0) is 36.2 Å². The normalized spacial score (nSPS) is 23.4. The summed E-state index contributed by atoms with van der Waals surface area (Å²) in [7, 11) is -2.72. The van der Waals surface area contributed by atoms with E-state index in [2.05, 4.69) is 69.3 Å². The Morgan fingerprint density at radius 2 is 1.44 bits per heavy atom. The van der Waals surface area contributed by atoms with Crippen LogP contribution in [0.25, 0.3) is 0 Å². The lowest BCUT2D eigenvalue weighted by Crippen LogP contribution is -2.69. The van der Waals surface area contributed by atoms with Crippen molar-refractivity contribution in [2.75, 3.05) is 13.1 Å². The second-order valence-electron chi connectivity index (χ2n) is 10.8. The highest BCUT2D eigenvalue weighted by molar-refractivity contribution is 6.99. The Kier molecular flexibility index (Phi) is 5.99. The molecule has 172 valence electrons. The minimum Gasteiger partial charge on any atom is -0.444 e. The first-order valence-electron chi connectivity index (χ1n) is 11.4. The summed E-state index contributed by atoms with van der Waals surface area (Å²) in [6.45, 7) is 13.5. The summed E-state index contributed by atoms with van der Waals surface area (Å²) >= 11 is 0. The van der Waals surface area contributed by atoms with Crippen LogP contribution in [0.4, 0.5) is 4.79 Å². The van der Waals surface area contributed by atoms with Crippen LogP contribution in [0, 0.1) is 0 Å². The number of ether oxygens (including phenoxy) is 2. The largest absolute Gasteiger partial charge is 0.444 e. The second kappa shape index (κ2) is 8.32. The van der Waals surface area contributed by atoms with E-state index in [-0.39, 0.29) is 29.4 Å². The maximum atomic E-state index is 12.8. The van der Waals surface area contributed by atoms with Gasteiger partial charge in [0.05, 0.1) is 19.2 Å². The first kappa shape index (κ1) is 23.0. The smallest absolute Gasteiger partial charge is 0.410 e. The van der Waals surface area contributed by atoms with Gasteiger partial charge in [-0.1, -0.05) is 81.4 Å². The van der Waals surface area contributed by atoms with Gasteiger partial charge in [0, 0.05) is 0 Å². The number of benzene rings is 2. The van der Waals surface area contributed by atoms with Gasteiger partial charge in [-0.15, -0.1) is 0 Å². The minimum absolute atomic E-state index is 0.0134. The van der Waals surface area contributed by atoms with Gasteiger partial charge in [-0.2, -0.15) is 0 Å². The molecular weight excluding hydrogens is 418 g/mol. The van der Waals surface area contributed by atoms with Crippen molar-refractivity contribution >= 4 is 24.8 Å². The Balaban J connectivity index is 1.71. The number of fused-ring (bicyclic) bond motifs is 1. The SMILES string of the molecule is CC(C)(C)OC(=O)N1C[C@@H]2O[C@@H]2[C@H](O[Si](c2ccccc2)(c2ccccc2)C(C)(C)C)C1. The molecule has 2 aliphatic rings. The molecule has 2 aromatic carbocycles. The van der Waals surface area contributed by atoms with E-state index in [1.807, 2.05) is 32.9 Å². The summed E-state index contributed by atoms with van der Waals surface area (Å²) in [4.78, 5) is 14.6. The second-order valence-corrected chi connectivity index (χ2v) is 15.1. The van der Waals surface area contributed by atoms with Crippen LogP contribution >= 0.6 is 0 Å². The Hall–Kier alpha value is -2.15. The highest BCUT2D eigenvalue weighted by atomic mass is 28.4. The highest BCUT2D eigenvalue weighted by Gasteiger charge is 2.58. The monoisotopic (exact) mass is 453 g/mol. The van der Waals surface area contributed by atoms with Crippen molar-refractivity contribution in [3.63, 3.8) is 0 Å². The standard InChI is InChI=1S/C26H35NO4Si/c1-25(2,3)30-24(28)27-17-21-23(29-21)22(18-27)31-32(26(4,5)6,19-13-9-7-10-14-19)20-15-11-8-12-16-20/h7-16,21-23H,17-18H2,1-6H3/t21-,22+,23-/m0/s1. The number of piperidine rings is 1. The third-order valence-corrected chi connectivity index (χ3v) is 11.2. The average molecular weight is 454 g/mol. The number of nitrogens with zero attached hydrogens (tertiary/aromatic N) is 1. The molecule has 3 atom stereocenters. The quantitative estimate of drug-likeness (QED) is 0.520. The molecule has 0 unspecified atom stereocenters. The first-order valence-corrected chi connectivity index (χ1v) is 13.3. The molecule has 2 aliphatic heterocycles. The number of carbonyl (C=O) groups is 1. The molecule has 32 heavy (non-hydrogen) atoms. The van der Waals surface area contributed by atoms with Gasteiger partial charge >= 0.3 is 6.09 Å². The molecule has 0 bridgehead atoms. The van der Waals surface area contributed by atoms with E-state index in [1.165, 1.54) is 10.4 Å². The van der Waals surface area contributed by atoms with Crippen molar-refractivity contribution in [2.45, 2.75) is 70.5 Å². The zero-order chi connectivity index (χ0) is 23.1. The van der Waals surface area contributed by atoms with E-state index in [4.69, 9.17) is 13.9 Å². The molecule has 0 aromatic heterocycles. The molecule has 0 radical (unpaired) electrons. The van der Waals surface area contributed by atoms with E-state index >= 15 is 0 Å². The lowest BCUT2D eigenvalue weighted by Gasteiger charge is -2.46. The van der Waals surface area contributed by atoms with Gasteiger partial charge in [0.2, 0.25) is 0 Å². The summed E-state index contributed by atoms with van der Waals surface area (Å²) < 4.78 is 18.9. The maximum absolute atomic E-state index is 12.8. The van der Waals surface area contributed by atoms with Crippen LogP contribution in [0.15, 0.2) is 60.7 Å². The van der Waals surface area contributed by atoms with Crippen molar-refractivity contribution in [2.24, 2.45) is 0 Å². The predicted molar refractivity (Wildman–Crippen MR) is 129 cm³/mol. The summed E-state index contributed by atoms with van der Waals surface area (Å²) in [5, 5.41) is 2.32. The predicted octanol–water partition coefficient (Wildman–Crippen LogP) is 3.95. The number of hydrogen-bond donors (Lipinski definition) is 0. The van der Waals surface area contributed by atoms with Gasteiger partial charge in [-0.25, -0.2) is 4.79 Å². The van der Waals surface area contributed by atoms with Crippen molar-refractivity contribution < 1.29 is 18.7 Å². The third kappa shape index (κ3) is 4.49. The fourth-order valence-electron chi connectivity index (χ4n) is 4.74. The van der Waals surface area contributed by atoms with E-state index in [0.717, 1.165) is 0 Å². The molecule has 0 N–H and O–H groups in total. The number of amides is 1. The molecule has 4 rings (SSSR count). The van der Waals surface area contributed by atoms with Crippen LogP contribution in [0.1, 0.15) is 41.5 Å². The Morgan fingerprint density at radius 3 is 1.91 bits per heavy atom. The van der Waals surface area contributed by atoms with Crippen molar-refractivity contribution in [3.05, 3.63) is 60.7 Å². The first-order chi connectivity index (χ1) is 15.0. The van der Waals surface area contributed by atoms with Crippen LogP contribution in [0.5, 0.6) is 0 Å². The van der Waals surface area contributed by atoms with E-state index < -0.39 is 13.9 Å². The third-order valence-electron chi connectivity index (χ3n) is 6.19. The summed E-state index contributed by atoms with van der Waals surface area (Å²) in [6.07, 6.45) is -0.468. The lowest BCUT2D eigenvalue weighted by atomic mass is 10.1. The number of rotatable bonds is 4. The molecule has 6 heteroatoms. The van der Waals surface area contributed by atoms with E-state index in [0.29, 0.717) is 13.1 Å². The van der Waals surface area contributed by atoms with Gasteiger partial charge in [-0.3, -0.25) is 0 Å². The molecule has 2 fully saturated rings. The van der Waals surface area contributed by atoms with Gasteiger partial charge in [0.15, 0.2) is 0 Å². The molecule has 5 nitrogen and oxygen atoms in total. The van der Waals surface area contributed by atoms with Crippen LogP contribution in [-0.2, 0) is 13.9 Å². The molecule has 2 heterocycles. The van der Waals surface area contributed by atoms with Crippen LogP contribution in [-0.4, -0.2) is 56.3 Å². The van der Waals surface area contributed by atoms with Crippen molar-refractivity contribution in [3.8, 4) is 0 Å². The van der Waals surface area contributed by atoms with E-state index in [9.17, 15) is 4.79 Å². The zero-order valence-corrected chi connectivity index (χ0v) is 21.0. The van der Waals surface area contributed by atoms with Crippen LogP contribution in [0.3, 0.4) is 0 Å². The Morgan fingerprint density at radius 1 is 0.906 bits per heavy atom. The van der Waals surface area contributed by atoms with Crippen LogP contribution < -0.4 is 10.4 Å². The Labute approximate surface area is 192 Å². The maximum Gasteiger partial charge on any atom is 0.410 e. The van der Waals surface area contributed by atoms with Crippen molar-refractivity contribution in [1.82, 2.24) is 4.90 Å². The number of epoxide rings is 1. The lowest BCUT2D eigenvalue weighted by molar-refractivity contribution is 0.0112. The zero-order valence-electron chi connectivity index (χ0n) is 20.0. The number of carbonyl (C=O) groups excluding carboxylic acids is 1. The molecule has 2 aromatic rings. The van der Waals surface area contributed by atoms with Crippen molar-refractivity contribution in [1.29, 1.82) is 0 Å². The Bertz CT molecular complexity index is 896. The minimum atomic E-state index is -2.72. The summed E-state index contributed by atoms with van der Waals surface area (Å²) in [5.74, 6) is 0. The molecule has 2 saturated heterocycles. The summed E-state index contributed by atoms with van der Waals surface area (Å²) in [5.41, 5.74) is -0.535. The topological polar surface area (TPSA) is 51.3 Å². The molecule has 1 amide bonds.